The minimum absolute atomic E-state index is 0.0665. The summed E-state index contributed by atoms with van der Waals surface area (Å²) < 4.78 is 5.38. The van der Waals surface area contributed by atoms with E-state index in [9.17, 15) is 9.59 Å². The van der Waals surface area contributed by atoms with E-state index < -0.39 is 18.0 Å². The van der Waals surface area contributed by atoms with Gasteiger partial charge in [-0.05, 0) is 30.7 Å². The molecule has 6 heteroatoms. The first-order chi connectivity index (χ1) is 14.6. The Morgan fingerprint density at radius 3 is 2.27 bits per heavy atom. The fourth-order valence-corrected chi connectivity index (χ4v) is 2.98. The number of aliphatic hydroxyl groups excluding tert-OH is 1. The van der Waals surface area contributed by atoms with Crippen molar-refractivity contribution in [3.8, 4) is 11.1 Å². The van der Waals surface area contributed by atoms with E-state index in [4.69, 9.17) is 9.84 Å². The number of para-hydroxylation sites is 2. The molecule has 1 atom stereocenters. The number of amides is 1. The first-order valence-electron chi connectivity index (χ1n) is 9.70. The number of ether oxygens (including phenoxy) is 1. The van der Waals surface area contributed by atoms with Gasteiger partial charge < -0.3 is 20.5 Å². The standard InChI is InChI=1S/C24H24N2O4/c1-17(30-24(29)20-12-6-7-13-21(20)25-15-16-27)23(28)26-22-14-8-5-11-19(22)18-9-3-2-4-10-18/h2-14,17,25,27H,15-16H2,1H3,(H,26,28)/t17-/m1/s1. The lowest BCUT2D eigenvalue weighted by Gasteiger charge is -2.17. The van der Waals surface area contributed by atoms with Crippen LogP contribution in [0.2, 0.25) is 0 Å². The Morgan fingerprint density at radius 2 is 1.53 bits per heavy atom. The molecule has 3 N–H and O–H groups in total. The Hall–Kier alpha value is -3.64. The third-order valence-corrected chi connectivity index (χ3v) is 4.50. The van der Waals surface area contributed by atoms with Gasteiger partial charge in [0.25, 0.3) is 5.91 Å². The highest BCUT2D eigenvalue weighted by atomic mass is 16.5. The summed E-state index contributed by atoms with van der Waals surface area (Å²) in [5.74, 6) is -1.04. The number of rotatable bonds is 8. The van der Waals surface area contributed by atoms with Crippen LogP contribution in [0.15, 0.2) is 78.9 Å². The molecular weight excluding hydrogens is 380 g/mol. The topological polar surface area (TPSA) is 87.7 Å². The van der Waals surface area contributed by atoms with Crippen molar-refractivity contribution in [3.05, 3.63) is 84.4 Å². The van der Waals surface area contributed by atoms with Gasteiger partial charge in [0, 0.05) is 23.5 Å². The van der Waals surface area contributed by atoms with E-state index in [1.165, 1.54) is 6.92 Å². The van der Waals surface area contributed by atoms with E-state index >= 15 is 0 Å². The lowest BCUT2D eigenvalue weighted by atomic mass is 10.0. The molecule has 0 spiro atoms. The number of hydrogen-bond donors (Lipinski definition) is 3. The van der Waals surface area contributed by atoms with Crippen molar-refractivity contribution in [1.29, 1.82) is 0 Å². The molecule has 0 unspecified atom stereocenters. The summed E-state index contributed by atoms with van der Waals surface area (Å²) in [5.41, 5.74) is 3.33. The number of esters is 1. The normalized spacial score (nSPS) is 11.4. The van der Waals surface area contributed by atoms with Crippen molar-refractivity contribution < 1.29 is 19.4 Å². The zero-order valence-electron chi connectivity index (χ0n) is 16.7. The molecule has 3 aromatic rings. The Bertz CT molecular complexity index is 1000. The zero-order valence-corrected chi connectivity index (χ0v) is 16.7. The van der Waals surface area contributed by atoms with Crippen LogP contribution in [-0.2, 0) is 9.53 Å². The smallest absolute Gasteiger partial charge is 0.341 e. The number of carbonyl (C=O) groups is 2. The van der Waals surface area contributed by atoms with E-state index in [1.54, 1.807) is 24.3 Å². The molecule has 0 aliphatic heterocycles. The van der Waals surface area contributed by atoms with E-state index in [1.807, 2.05) is 54.6 Å². The summed E-state index contributed by atoms with van der Waals surface area (Å²) in [4.78, 5) is 25.3. The number of anilines is 2. The van der Waals surface area contributed by atoms with Crippen LogP contribution in [0.25, 0.3) is 11.1 Å². The highest BCUT2D eigenvalue weighted by Crippen LogP contribution is 2.27. The molecule has 3 aromatic carbocycles. The summed E-state index contributed by atoms with van der Waals surface area (Å²) in [6.45, 7) is 1.77. The molecule has 0 heterocycles. The van der Waals surface area contributed by atoms with Gasteiger partial charge in [0.2, 0.25) is 0 Å². The van der Waals surface area contributed by atoms with Crippen LogP contribution in [0.4, 0.5) is 11.4 Å². The molecule has 0 aliphatic rings. The lowest BCUT2D eigenvalue weighted by Crippen LogP contribution is -2.30. The molecule has 0 saturated carbocycles. The molecule has 0 bridgehead atoms. The van der Waals surface area contributed by atoms with Crippen LogP contribution < -0.4 is 10.6 Å². The van der Waals surface area contributed by atoms with Crippen LogP contribution in [-0.4, -0.2) is 36.2 Å². The zero-order chi connectivity index (χ0) is 21.3. The molecule has 6 nitrogen and oxygen atoms in total. The van der Waals surface area contributed by atoms with Gasteiger partial charge in [-0.1, -0.05) is 60.7 Å². The summed E-state index contributed by atoms with van der Waals surface area (Å²) >= 11 is 0. The monoisotopic (exact) mass is 404 g/mol. The van der Waals surface area contributed by atoms with E-state index in [0.717, 1.165) is 11.1 Å². The Kier molecular flexibility index (Phi) is 7.19. The average molecular weight is 404 g/mol. The van der Waals surface area contributed by atoms with Crippen LogP contribution in [0.1, 0.15) is 17.3 Å². The first kappa shape index (κ1) is 21.1. The predicted octanol–water partition coefficient (Wildman–Crippen LogP) is 3.94. The quantitative estimate of drug-likeness (QED) is 0.495. The molecule has 0 aliphatic carbocycles. The van der Waals surface area contributed by atoms with E-state index in [2.05, 4.69) is 10.6 Å². The Balaban J connectivity index is 1.70. The molecule has 0 aromatic heterocycles. The molecule has 1 amide bonds. The van der Waals surface area contributed by atoms with Crippen molar-refractivity contribution in [3.63, 3.8) is 0 Å². The molecule has 3 rings (SSSR count). The maximum atomic E-state index is 12.7. The molecule has 30 heavy (non-hydrogen) atoms. The van der Waals surface area contributed by atoms with Crippen molar-refractivity contribution in [1.82, 2.24) is 0 Å². The van der Waals surface area contributed by atoms with Crippen LogP contribution in [0.5, 0.6) is 0 Å². The lowest BCUT2D eigenvalue weighted by molar-refractivity contribution is -0.123. The van der Waals surface area contributed by atoms with E-state index in [-0.39, 0.29) is 6.61 Å². The van der Waals surface area contributed by atoms with E-state index in [0.29, 0.717) is 23.5 Å². The first-order valence-corrected chi connectivity index (χ1v) is 9.70. The average Bonchev–Trinajstić information content (AvgIpc) is 2.78. The van der Waals surface area contributed by atoms with Gasteiger partial charge in [-0.25, -0.2) is 4.79 Å². The predicted molar refractivity (Wildman–Crippen MR) is 117 cm³/mol. The molecule has 0 fully saturated rings. The highest BCUT2D eigenvalue weighted by molar-refractivity contribution is 6.01. The van der Waals surface area contributed by atoms with Crippen LogP contribution in [0, 0.1) is 0 Å². The van der Waals surface area contributed by atoms with Crippen molar-refractivity contribution in [2.24, 2.45) is 0 Å². The largest absolute Gasteiger partial charge is 0.449 e. The number of nitrogens with one attached hydrogen (secondary N) is 2. The minimum Gasteiger partial charge on any atom is -0.449 e. The summed E-state index contributed by atoms with van der Waals surface area (Å²) in [7, 11) is 0. The fourth-order valence-electron chi connectivity index (χ4n) is 2.98. The second-order valence-electron chi connectivity index (χ2n) is 6.64. The Morgan fingerprint density at radius 1 is 0.900 bits per heavy atom. The summed E-state index contributed by atoms with van der Waals surface area (Å²) in [6, 6.07) is 24.0. The van der Waals surface area contributed by atoms with Crippen molar-refractivity contribution in [2.75, 3.05) is 23.8 Å². The van der Waals surface area contributed by atoms with Gasteiger partial charge in [0.1, 0.15) is 0 Å². The SMILES string of the molecule is C[C@@H](OC(=O)c1ccccc1NCCO)C(=O)Nc1ccccc1-c1ccccc1. The summed E-state index contributed by atoms with van der Waals surface area (Å²) in [6.07, 6.45) is -0.993. The third-order valence-electron chi connectivity index (χ3n) is 4.50. The van der Waals surface area contributed by atoms with Crippen LogP contribution in [0.3, 0.4) is 0 Å². The molecule has 154 valence electrons. The van der Waals surface area contributed by atoms with Crippen molar-refractivity contribution >= 4 is 23.3 Å². The second kappa shape index (κ2) is 10.2. The number of aliphatic hydroxyl groups is 1. The van der Waals surface area contributed by atoms with Gasteiger partial charge in [-0.15, -0.1) is 0 Å². The van der Waals surface area contributed by atoms with Gasteiger partial charge in [0.05, 0.1) is 12.2 Å². The maximum Gasteiger partial charge on any atom is 0.341 e. The van der Waals surface area contributed by atoms with Gasteiger partial charge in [-0.2, -0.15) is 0 Å². The number of benzene rings is 3. The number of carbonyl (C=O) groups excluding carboxylic acids is 2. The molecule has 0 radical (unpaired) electrons. The fraction of sp³-hybridized carbons (Fsp3) is 0.167. The minimum atomic E-state index is -0.993. The van der Waals surface area contributed by atoms with Gasteiger partial charge in [-0.3, -0.25) is 4.79 Å². The molecular formula is C24H24N2O4. The molecule has 0 saturated heterocycles. The second-order valence-corrected chi connectivity index (χ2v) is 6.64. The maximum absolute atomic E-state index is 12.7. The highest BCUT2D eigenvalue weighted by Gasteiger charge is 2.21. The van der Waals surface area contributed by atoms with Crippen molar-refractivity contribution in [2.45, 2.75) is 13.0 Å². The Labute approximate surface area is 175 Å². The van der Waals surface area contributed by atoms with Gasteiger partial charge >= 0.3 is 5.97 Å². The number of hydrogen-bond acceptors (Lipinski definition) is 5. The third kappa shape index (κ3) is 5.24. The van der Waals surface area contributed by atoms with Crippen LogP contribution >= 0.6 is 0 Å². The summed E-state index contributed by atoms with van der Waals surface area (Å²) in [5, 5.41) is 14.8. The van der Waals surface area contributed by atoms with Gasteiger partial charge in [0.15, 0.2) is 6.10 Å².